The van der Waals surface area contributed by atoms with Crippen LogP contribution in [-0.2, 0) is 6.54 Å². The minimum absolute atomic E-state index is 0.236. The SMILES string of the molecule is CC(C)N(Cc1cccs1)C(CN)c1ccc(Cl)s1. The van der Waals surface area contributed by atoms with Gasteiger partial charge in [-0.05, 0) is 37.4 Å². The Morgan fingerprint density at radius 1 is 1.32 bits per heavy atom. The van der Waals surface area contributed by atoms with Gasteiger partial charge in [0.15, 0.2) is 0 Å². The van der Waals surface area contributed by atoms with Crippen LogP contribution >= 0.6 is 34.3 Å². The zero-order valence-corrected chi connectivity index (χ0v) is 13.6. The van der Waals surface area contributed by atoms with Crippen molar-refractivity contribution in [2.45, 2.75) is 32.5 Å². The summed E-state index contributed by atoms with van der Waals surface area (Å²) in [6, 6.07) is 8.99. The van der Waals surface area contributed by atoms with Gasteiger partial charge < -0.3 is 5.73 Å². The smallest absolute Gasteiger partial charge is 0.0931 e. The lowest BCUT2D eigenvalue weighted by molar-refractivity contribution is 0.152. The summed E-state index contributed by atoms with van der Waals surface area (Å²) < 4.78 is 0.827. The molecule has 2 aromatic rings. The maximum Gasteiger partial charge on any atom is 0.0931 e. The van der Waals surface area contributed by atoms with E-state index in [1.807, 2.05) is 6.07 Å². The third-order valence-electron chi connectivity index (χ3n) is 3.13. The van der Waals surface area contributed by atoms with Crippen molar-refractivity contribution in [2.24, 2.45) is 5.73 Å². The lowest BCUT2D eigenvalue weighted by atomic mass is 10.1. The van der Waals surface area contributed by atoms with Crippen LogP contribution in [0.15, 0.2) is 29.6 Å². The summed E-state index contributed by atoms with van der Waals surface area (Å²) >= 11 is 9.47. The number of nitrogens with zero attached hydrogens (tertiary/aromatic N) is 1. The van der Waals surface area contributed by atoms with E-state index in [-0.39, 0.29) is 6.04 Å². The van der Waals surface area contributed by atoms with E-state index in [0.717, 1.165) is 10.9 Å². The van der Waals surface area contributed by atoms with E-state index in [9.17, 15) is 0 Å². The van der Waals surface area contributed by atoms with Gasteiger partial charge in [0.05, 0.1) is 10.4 Å². The highest BCUT2D eigenvalue weighted by atomic mass is 35.5. The molecular formula is C14H19ClN2S2. The molecule has 2 rings (SSSR count). The molecule has 0 aliphatic rings. The van der Waals surface area contributed by atoms with E-state index in [1.54, 1.807) is 22.7 Å². The molecule has 2 nitrogen and oxygen atoms in total. The third kappa shape index (κ3) is 3.80. The summed E-state index contributed by atoms with van der Waals surface area (Å²) in [7, 11) is 0. The number of nitrogens with two attached hydrogens (primary N) is 1. The molecule has 0 radical (unpaired) electrons. The van der Waals surface area contributed by atoms with Gasteiger partial charge >= 0.3 is 0 Å². The van der Waals surface area contributed by atoms with Crippen LogP contribution < -0.4 is 5.73 Å². The monoisotopic (exact) mass is 314 g/mol. The Morgan fingerprint density at radius 2 is 2.11 bits per heavy atom. The van der Waals surface area contributed by atoms with Crippen molar-refractivity contribution in [3.05, 3.63) is 43.7 Å². The molecule has 0 amide bonds. The van der Waals surface area contributed by atoms with Crippen molar-refractivity contribution in [1.29, 1.82) is 0 Å². The molecule has 0 fully saturated rings. The van der Waals surface area contributed by atoms with Gasteiger partial charge in [-0.1, -0.05) is 17.7 Å². The van der Waals surface area contributed by atoms with Crippen LogP contribution in [-0.4, -0.2) is 17.5 Å². The molecule has 5 heteroatoms. The van der Waals surface area contributed by atoms with Crippen LogP contribution in [0.2, 0.25) is 4.34 Å². The predicted octanol–water partition coefficient (Wildman–Crippen LogP) is 4.37. The van der Waals surface area contributed by atoms with Gasteiger partial charge in [0.2, 0.25) is 0 Å². The molecule has 0 bridgehead atoms. The van der Waals surface area contributed by atoms with E-state index < -0.39 is 0 Å². The van der Waals surface area contributed by atoms with Crippen molar-refractivity contribution in [1.82, 2.24) is 4.90 Å². The first-order chi connectivity index (χ1) is 9.11. The summed E-state index contributed by atoms with van der Waals surface area (Å²) in [5.74, 6) is 0. The van der Waals surface area contributed by atoms with Crippen LogP contribution in [0.1, 0.15) is 29.6 Å². The van der Waals surface area contributed by atoms with Gasteiger partial charge in [0.25, 0.3) is 0 Å². The quantitative estimate of drug-likeness (QED) is 0.857. The normalized spacial score (nSPS) is 13.4. The first-order valence-electron chi connectivity index (χ1n) is 6.35. The molecule has 0 aliphatic carbocycles. The van der Waals surface area contributed by atoms with Crippen molar-refractivity contribution in [3.8, 4) is 0 Å². The van der Waals surface area contributed by atoms with E-state index in [2.05, 4.69) is 42.3 Å². The Morgan fingerprint density at radius 3 is 2.58 bits per heavy atom. The van der Waals surface area contributed by atoms with Gasteiger partial charge in [-0.25, -0.2) is 0 Å². The van der Waals surface area contributed by atoms with Crippen molar-refractivity contribution in [2.75, 3.05) is 6.54 Å². The molecule has 104 valence electrons. The fraction of sp³-hybridized carbons (Fsp3) is 0.429. The highest BCUT2D eigenvalue weighted by Crippen LogP contribution is 2.32. The first-order valence-corrected chi connectivity index (χ1v) is 8.42. The minimum atomic E-state index is 0.236. The molecule has 1 unspecified atom stereocenters. The molecule has 1 atom stereocenters. The summed E-state index contributed by atoms with van der Waals surface area (Å²) in [4.78, 5) is 5.06. The number of hydrogen-bond acceptors (Lipinski definition) is 4. The van der Waals surface area contributed by atoms with Crippen LogP contribution in [0.5, 0.6) is 0 Å². The Hall–Kier alpha value is -0.390. The van der Waals surface area contributed by atoms with Crippen LogP contribution in [0.4, 0.5) is 0 Å². The minimum Gasteiger partial charge on any atom is -0.329 e. The molecule has 2 aromatic heterocycles. The predicted molar refractivity (Wildman–Crippen MR) is 86.1 cm³/mol. The highest BCUT2D eigenvalue weighted by Gasteiger charge is 2.23. The topological polar surface area (TPSA) is 29.3 Å². The molecule has 2 N–H and O–H groups in total. The standard InChI is InChI=1S/C14H19ClN2S2/c1-10(2)17(9-11-4-3-7-18-11)12(8-16)13-5-6-14(15)19-13/h3-7,10,12H,8-9,16H2,1-2H3. The third-order valence-corrected chi connectivity index (χ3v) is 5.32. The van der Waals surface area contributed by atoms with Gasteiger partial charge in [0, 0.05) is 28.9 Å². The van der Waals surface area contributed by atoms with Crippen molar-refractivity contribution < 1.29 is 0 Å². The lowest BCUT2D eigenvalue weighted by Crippen LogP contribution is -2.37. The molecule has 0 aromatic carbocycles. The average Bonchev–Trinajstić information content (AvgIpc) is 3.00. The number of hydrogen-bond donors (Lipinski definition) is 1. The average molecular weight is 315 g/mol. The maximum absolute atomic E-state index is 6.05. The van der Waals surface area contributed by atoms with E-state index in [4.69, 9.17) is 17.3 Å². The molecule has 19 heavy (non-hydrogen) atoms. The fourth-order valence-electron chi connectivity index (χ4n) is 2.16. The maximum atomic E-state index is 6.05. The molecular weight excluding hydrogens is 296 g/mol. The molecule has 0 saturated heterocycles. The van der Waals surface area contributed by atoms with Gasteiger partial charge in [-0.15, -0.1) is 22.7 Å². The van der Waals surface area contributed by atoms with E-state index >= 15 is 0 Å². The van der Waals surface area contributed by atoms with Crippen LogP contribution in [0.3, 0.4) is 0 Å². The molecule has 2 heterocycles. The van der Waals surface area contributed by atoms with E-state index in [0.29, 0.717) is 12.6 Å². The Bertz CT molecular complexity index is 493. The number of halogens is 1. The molecule has 0 aliphatic heterocycles. The van der Waals surface area contributed by atoms with E-state index in [1.165, 1.54) is 9.75 Å². The summed E-state index contributed by atoms with van der Waals surface area (Å²) in [6.45, 7) is 5.98. The fourth-order valence-corrected chi connectivity index (χ4v) is 4.07. The second-order valence-electron chi connectivity index (χ2n) is 4.74. The van der Waals surface area contributed by atoms with Crippen LogP contribution in [0.25, 0.3) is 0 Å². The second kappa shape index (κ2) is 6.86. The van der Waals surface area contributed by atoms with Crippen molar-refractivity contribution >= 4 is 34.3 Å². The first kappa shape index (κ1) is 15.0. The summed E-state index contributed by atoms with van der Waals surface area (Å²) in [5, 5.41) is 2.12. The van der Waals surface area contributed by atoms with Gasteiger partial charge in [-0.2, -0.15) is 0 Å². The Balaban J connectivity index is 2.20. The molecule has 0 spiro atoms. The Labute approximate surface area is 127 Å². The Kier molecular flexibility index (Phi) is 5.42. The zero-order chi connectivity index (χ0) is 13.8. The number of rotatable bonds is 6. The van der Waals surface area contributed by atoms with Gasteiger partial charge in [-0.3, -0.25) is 4.90 Å². The molecule has 0 saturated carbocycles. The lowest BCUT2D eigenvalue weighted by Gasteiger charge is -2.33. The number of thiophene rings is 2. The highest BCUT2D eigenvalue weighted by molar-refractivity contribution is 7.16. The van der Waals surface area contributed by atoms with Crippen molar-refractivity contribution in [3.63, 3.8) is 0 Å². The van der Waals surface area contributed by atoms with Crippen LogP contribution in [0, 0.1) is 0 Å². The summed E-state index contributed by atoms with van der Waals surface area (Å²) in [5.41, 5.74) is 6.01. The zero-order valence-electron chi connectivity index (χ0n) is 11.2. The summed E-state index contributed by atoms with van der Waals surface area (Å²) in [6.07, 6.45) is 0. The van der Waals surface area contributed by atoms with Gasteiger partial charge in [0.1, 0.15) is 0 Å². The largest absolute Gasteiger partial charge is 0.329 e. The second-order valence-corrected chi connectivity index (χ2v) is 7.52.